The molecular weight excluding hydrogens is 490 g/mol. The van der Waals surface area contributed by atoms with Gasteiger partial charge >= 0.3 is 0 Å². The van der Waals surface area contributed by atoms with E-state index in [0.29, 0.717) is 30.2 Å². The van der Waals surface area contributed by atoms with Crippen molar-refractivity contribution in [3.63, 3.8) is 0 Å². The maximum atomic E-state index is 15.0. The molecule has 2 aliphatic rings. The van der Waals surface area contributed by atoms with Crippen LogP contribution in [0, 0.1) is 28.9 Å². The molecule has 0 bridgehead atoms. The first kappa shape index (κ1) is 23.7. The van der Waals surface area contributed by atoms with Gasteiger partial charge in [0.2, 0.25) is 5.95 Å². The minimum atomic E-state index is -0.686. The van der Waals surface area contributed by atoms with Crippen LogP contribution in [-0.2, 0) is 13.0 Å². The Morgan fingerprint density at radius 1 is 1.13 bits per heavy atom. The van der Waals surface area contributed by atoms with Crippen molar-refractivity contribution in [2.45, 2.75) is 19.4 Å². The van der Waals surface area contributed by atoms with Gasteiger partial charge in [0.05, 0.1) is 11.3 Å². The number of fused-ring (bicyclic) bond motifs is 1. The molecule has 2 aromatic carbocycles. The second-order valence-corrected chi connectivity index (χ2v) is 9.25. The normalized spacial score (nSPS) is 17.3. The third kappa shape index (κ3) is 4.37. The van der Waals surface area contributed by atoms with E-state index in [-0.39, 0.29) is 40.9 Å². The summed E-state index contributed by atoms with van der Waals surface area (Å²) in [5, 5.41) is 21.7. The maximum absolute atomic E-state index is 15.0. The predicted octanol–water partition coefficient (Wildman–Crippen LogP) is 3.76. The summed E-state index contributed by atoms with van der Waals surface area (Å²) in [7, 11) is 0. The second-order valence-electron chi connectivity index (χ2n) is 9.25. The van der Waals surface area contributed by atoms with Crippen molar-refractivity contribution < 1.29 is 8.78 Å². The molecule has 6 rings (SSSR count). The van der Waals surface area contributed by atoms with Crippen molar-refractivity contribution in [2.24, 2.45) is 21.1 Å². The van der Waals surface area contributed by atoms with E-state index in [2.05, 4.69) is 35.2 Å². The summed E-state index contributed by atoms with van der Waals surface area (Å²) in [5.41, 5.74) is 8.07. The van der Waals surface area contributed by atoms with E-state index in [0.717, 1.165) is 30.9 Å². The van der Waals surface area contributed by atoms with Gasteiger partial charge in [0.15, 0.2) is 24.0 Å². The second kappa shape index (κ2) is 9.68. The van der Waals surface area contributed by atoms with Crippen molar-refractivity contribution >= 4 is 17.4 Å². The number of rotatable bonds is 6. The number of aromatic nitrogens is 4. The Morgan fingerprint density at radius 3 is 2.82 bits per heavy atom. The van der Waals surface area contributed by atoms with Crippen LogP contribution in [0.5, 0.6) is 0 Å². The van der Waals surface area contributed by atoms with Gasteiger partial charge in [0, 0.05) is 37.1 Å². The third-order valence-corrected chi connectivity index (χ3v) is 6.84. The molecule has 0 radical (unpaired) electrons. The highest BCUT2D eigenvalue weighted by Crippen LogP contribution is 2.27. The van der Waals surface area contributed by atoms with Crippen LogP contribution in [0.4, 0.5) is 14.7 Å². The fraction of sp³-hybridized carbons (Fsp3) is 0.269. The number of nitriles is 1. The number of likely N-dealkylation sites (tertiary alicyclic amines) is 1. The molecule has 1 fully saturated rings. The fourth-order valence-corrected chi connectivity index (χ4v) is 4.97. The van der Waals surface area contributed by atoms with E-state index in [1.807, 2.05) is 12.1 Å². The number of nitrogen functional groups attached to an aromatic ring is 1. The summed E-state index contributed by atoms with van der Waals surface area (Å²) in [6, 6.07) is 12.9. The molecule has 12 heteroatoms. The van der Waals surface area contributed by atoms with E-state index in [4.69, 9.17) is 11.0 Å². The molecule has 0 spiro atoms. The van der Waals surface area contributed by atoms with Gasteiger partial charge in [-0.25, -0.2) is 23.7 Å². The van der Waals surface area contributed by atoms with Crippen LogP contribution < -0.4 is 5.73 Å². The molecule has 1 atom stereocenters. The Bertz CT molecular complexity index is 1650. The highest BCUT2D eigenvalue weighted by Gasteiger charge is 2.28. The quantitative estimate of drug-likeness (QED) is 0.418. The van der Waals surface area contributed by atoms with Crippen molar-refractivity contribution in [1.29, 1.82) is 5.26 Å². The van der Waals surface area contributed by atoms with Crippen LogP contribution in [0.2, 0.25) is 0 Å². The molecule has 0 aliphatic carbocycles. The lowest BCUT2D eigenvalue weighted by atomic mass is 10.0. The minimum Gasteiger partial charge on any atom is -0.368 e. The Kier molecular flexibility index (Phi) is 6.05. The summed E-state index contributed by atoms with van der Waals surface area (Å²) in [4.78, 5) is 15.4. The average molecular weight is 513 g/mol. The summed E-state index contributed by atoms with van der Waals surface area (Å²) in [5.74, 6) is 0.366. The SMILES string of the molecule is N#Cc1cccc(-c2cc3nc(Cc4c(F)cccc4CN4CCC(C5=NCN=N5)C4)nn3c(N)n2)c1F. The Labute approximate surface area is 216 Å². The molecule has 0 amide bonds. The highest BCUT2D eigenvalue weighted by atomic mass is 19.1. The molecule has 0 saturated carbocycles. The van der Waals surface area contributed by atoms with E-state index < -0.39 is 5.82 Å². The summed E-state index contributed by atoms with van der Waals surface area (Å²) in [6.07, 6.45) is 1.08. The Morgan fingerprint density at radius 2 is 2.00 bits per heavy atom. The molecule has 1 unspecified atom stereocenters. The monoisotopic (exact) mass is 512 g/mol. The average Bonchev–Trinajstić information content (AvgIpc) is 3.67. The molecule has 4 heterocycles. The predicted molar refractivity (Wildman–Crippen MR) is 135 cm³/mol. The molecule has 10 nitrogen and oxygen atoms in total. The van der Waals surface area contributed by atoms with Crippen molar-refractivity contribution in [2.75, 3.05) is 25.5 Å². The van der Waals surface area contributed by atoms with Gasteiger partial charge in [-0.1, -0.05) is 18.2 Å². The molecule has 2 aliphatic heterocycles. The molecule has 190 valence electrons. The summed E-state index contributed by atoms with van der Waals surface area (Å²) < 4.78 is 31.1. The largest absolute Gasteiger partial charge is 0.368 e. The first-order valence-electron chi connectivity index (χ1n) is 12.1. The van der Waals surface area contributed by atoms with Crippen molar-refractivity contribution in [1.82, 2.24) is 24.5 Å². The van der Waals surface area contributed by atoms with Gasteiger partial charge in [-0.2, -0.15) is 14.9 Å². The van der Waals surface area contributed by atoms with Crippen LogP contribution >= 0.6 is 0 Å². The molecule has 4 aromatic rings. The van der Waals surface area contributed by atoms with E-state index in [9.17, 15) is 4.39 Å². The van der Waals surface area contributed by atoms with Crippen LogP contribution in [0.3, 0.4) is 0 Å². The van der Waals surface area contributed by atoms with Gasteiger partial charge in [-0.3, -0.25) is 4.90 Å². The highest BCUT2D eigenvalue weighted by molar-refractivity contribution is 5.86. The standard InChI is InChI=1S/C26H22F2N10/c27-20-6-2-4-16(12-37-8-7-17(13-37)25-31-14-32-35-25)19(20)9-22-34-23-10-21(33-26(30)38(23)36-22)18-5-1-3-15(11-29)24(18)28/h1-6,10,17H,7-9,12-14H2,(H2,30,33). The number of hydrogen-bond acceptors (Lipinski definition) is 9. The number of anilines is 1. The van der Waals surface area contributed by atoms with Gasteiger partial charge in [-0.15, -0.1) is 10.2 Å². The van der Waals surface area contributed by atoms with E-state index in [1.54, 1.807) is 18.2 Å². The van der Waals surface area contributed by atoms with E-state index in [1.165, 1.54) is 22.7 Å². The van der Waals surface area contributed by atoms with E-state index >= 15 is 4.39 Å². The van der Waals surface area contributed by atoms with Crippen LogP contribution in [0.15, 0.2) is 57.7 Å². The van der Waals surface area contributed by atoms with Crippen LogP contribution in [-0.4, -0.2) is 50.1 Å². The number of amidine groups is 1. The zero-order valence-corrected chi connectivity index (χ0v) is 20.2. The number of nitrogens with two attached hydrogens (primary N) is 1. The zero-order valence-electron chi connectivity index (χ0n) is 20.2. The topological polar surface area (TPSA) is 133 Å². The number of benzene rings is 2. The third-order valence-electron chi connectivity index (χ3n) is 6.84. The number of halogens is 2. The number of aliphatic imine (C=N–C) groups is 1. The first-order chi connectivity index (χ1) is 18.5. The summed E-state index contributed by atoms with van der Waals surface area (Å²) in [6.45, 7) is 2.61. The molecule has 38 heavy (non-hydrogen) atoms. The Hall–Kier alpha value is -4.63. The van der Waals surface area contributed by atoms with Crippen molar-refractivity contribution in [3.8, 4) is 17.3 Å². The van der Waals surface area contributed by atoms with Crippen molar-refractivity contribution in [3.05, 3.63) is 76.6 Å². The first-order valence-corrected chi connectivity index (χ1v) is 12.1. The summed E-state index contributed by atoms with van der Waals surface area (Å²) >= 11 is 0. The van der Waals surface area contributed by atoms with Gasteiger partial charge in [0.25, 0.3) is 0 Å². The lowest BCUT2D eigenvalue weighted by Gasteiger charge is -2.18. The lowest BCUT2D eigenvalue weighted by molar-refractivity contribution is 0.324. The minimum absolute atomic E-state index is 0.00171. The lowest BCUT2D eigenvalue weighted by Crippen LogP contribution is -2.23. The fourth-order valence-electron chi connectivity index (χ4n) is 4.97. The smallest absolute Gasteiger partial charge is 0.223 e. The van der Waals surface area contributed by atoms with Crippen LogP contribution in [0.1, 0.15) is 28.9 Å². The Balaban J connectivity index is 1.27. The number of hydrogen-bond donors (Lipinski definition) is 1. The molecule has 2 N–H and O–H groups in total. The number of azo groups is 1. The van der Waals surface area contributed by atoms with Gasteiger partial charge in [0.1, 0.15) is 17.7 Å². The zero-order chi connectivity index (χ0) is 26.2. The van der Waals surface area contributed by atoms with Crippen LogP contribution in [0.25, 0.3) is 16.9 Å². The molecule has 2 aromatic heterocycles. The maximum Gasteiger partial charge on any atom is 0.223 e. The van der Waals surface area contributed by atoms with Gasteiger partial charge < -0.3 is 5.73 Å². The van der Waals surface area contributed by atoms with Gasteiger partial charge in [-0.05, 0) is 42.3 Å². The molecular formula is C26H22F2N10. The number of nitrogens with zero attached hydrogens (tertiary/aromatic N) is 9. The molecule has 1 saturated heterocycles.